The van der Waals surface area contributed by atoms with Crippen LogP contribution in [0.25, 0.3) is 17.3 Å². The number of amides is 1. The summed E-state index contributed by atoms with van der Waals surface area (Å²) in [6.07, 6.45) is 6.17. The molecule has 3 aromatic heterocycles. The van der Waals surface area contributed by atoms with E-state index >= 15 is 0 Å². The summed E-state index contributed by atoms with van der Waals surface area (Å²) in [5.74, 6) is 1.29. The number of hydrogen-bond donors (Lipinski definition) is 2. The number of nitrogen functional groups attached to an aromatic ring is 1. The molecule has 5 rings (SSSR count). The van der Waals surface area contributed by atoms with Crippen molar-refractivity contribution in [1.82, 2.24) is 24.7 Å². The Labute approximate surface area is 178 Å². The first kappa shape index (κ1) is 19.0. The molecule has 9 heteroatoms. The molecule has 0 radical (unpaired) electrons. The van der Waals surface area contributed by atoms with Crippen LogP contribution in [0.2, 0.25) is 0 Å². The summed E-state index contributed by atoms with van der Waals surface area (Å²) in [6, 6.07) is 8.76. The summed E-state index contributed by atoms with van der Waals surface area (Å²) in [5, 5.41) is 10.6. The van der Waals surface area contributed by atoms with Crippen LogP contribution in [0.4, 0.5) is 11.5 Å². The summed E-state index contributed by atoms with van der Waals surface area (Å²) < 4.78 is 7.35. The zero-order valence-corrected chi connectivity index (χ0v) is 17.2. The molecule has 1 amide bonds. The normalized spacial score (nSPS) is 13.4. The van der Waals surface area contributed by atoms with E-state index in [1.807, 2.05) is 17.7 Å². The van der Waals surface area contributed by atoms with Crippen LogP contribution in [0.15, 0.2) is 47.3 Å². The fourth-order valence-corrected chi connectivity index (χ4v) is 3.46. The Kier molecular flexibility index (Phi) is 4.50. The van der Waals surface area contributed by atoms with Crippen LogP contribution in [-0.4, -0.2) is 30.6 Å². The predicted molar refractivity (Wildman–Crippen MR) is 115 cm³/mol. The Bertz CT molecular complexity index is 1290. The molecule has 1 aromatic carbocycles. The van der Waals surface area contributed by atoms with E-state index in [9.17, 15) is 4.79 Å². The topological polar surface area (TPSA) is 125 Å². The number of aromatic nitrogens is 5. The SMILES string of the molecule is Cc1nnc(-c2cccc(NC(=O)c3cc(-n4cnc(C5CC5)c4)c(C)cc3N)n2)o1. The lowest BCUT2D eigenvalue weighted by Gasteiger charge is -2.13. The monoisotopic (exact) mass is 415 g/mol. The van der Waals surface area contributed by atoms with E-state index in [-0.39, 0.29) is 11.8 Å². The average molecular weight is 415 g/mol. The van der Waals surface area contributed by atoms with Gasteiger partial charge in [0, 0.05) is 24.7 Å². The standard InChI is InChI=1S/C22H21N7O2/c1-12-8-16(23)15(9-19(12)29-10-18(24-11-29)14-6-7-14)21(30)26-20-5-3-4-17(25-20)22-28-27-13(2)31-22/h3-5,8-11,14H,6-7,23H2,1-2H3,(H,25,26,30). The van der Waals surface area contributed by atoms with Gasteiger partial charge in [-0.2, -0.15) is 0 Å². The van der Waals surface area contributed by atoms with Crippen LogP contribution in [0, 0.1) is 13.8 Å². The second kappa shape index (κ2) is 7.35. The van der Waals surface area contributed by atoms with E-state index in [0.29, 0.717) is 34.6 Å². The molecule has 0 saturated heterocycles. The molecule has 156 valence electrons. The van der Waals surface area contributed by atoms with Crippen LogP contribution in [0.1, 0.15) is 46.3 Å². The number of imidazole rings is 1. The fraction of sp³-hybridized carbons (Fsp3) is 0.227. The van der Waals surface area contributed by atoms with Crippen molar-refractivity contribution in [3.63, 3.8) is 0 Å². The Hall–Kier alpha value is -4.01. The van der Waals surface area contributed by atoms with Gasteiger partial charge in [0.25, 0.3) is 11.8 Å². The van der Waals surface area contributed by atoms with Crippen LogP contribution >= 0.6 is 0 Å². The Morgan fingerprint density at radius 2 is 2.06 bits per heavy atom. The number of rotatable bonds is 5. The van der Waals surface area contributed by atoms with E-state index in [4.69, 9.17) is 10.2 Å². The second-order valence-electron chi connectivity index (χ2n) is 7.69. The van der Waals surface area contributed by atoms with Gasteiger partial charge in [-0.05, 0) is 49.6 Å². The van der Waals surface area contributed by atoms with Crippen LogP contribution in [0.3, 0.4) is 0 Å². The van der Waals surface area contributed by atoms with Gasteiger partial charge >= 0.3 is 0 Å². The van der Waals surface area contributed by atoms with Gasteiger partial charge in [0.15, 0.2) is 0 Å². The highest BCUT2D eigenvalue weighted by molar-refractivity contribution is 6.08. The highest BCUT2D eigenvalue weighted by Crippen LogP contribution is 2.39. The second-order valence-corrected chi connectivity index (χ2v) is 7.69. The predicted octanol–water partition coefficient (Wildman–Crippen LogP) is 3.65. The summed E-state index contributed by atoms with van der Waals surface area (Å²) in [5.41, 5.74) is 10.3. The number of carbonyl (C=O) groups excluding carboxylic acids is 1. The smallest absolute Gasteiger partial charge is 0.266 e. The Morgan fingerprint density at radius 3 is 2.81 bits per heavy atom. The number of anilines is 2. The number of benzene rings is 1. The third-order valence-corrected chi connectivity index (χ3v) is 5.22. The largest absolute Gasteiger partial charge is 0.420 e. The molecular formula is C22H21N7O2. The molecule has 4 aromatic rings. The molecule has 1 aliphatic carbocycles. The van der Waals surface area contributed by atoms with E-state index in [1.54, 1.807) is 43.6 Å². The van der Waals surface area contributed by atoms with Crippen molar-refractivity contribution in [3.8, 4) is 17.3 Å². The third kappa shape index (κ3) is 3.77. The van der Waals surface area contributed by atoms with Gasteiger partial charge < -0.3 is 20.0 Å². The van der Waals surface area contributed by atoms with Crippen LogP contribution < -0.4 is 11.1 Å². The molecule has 1 aliphatic rings. The maximum atomic E-state index is 13.0. The van der Waals surface area contributed by atoms with Gasteiger partial charge in [0.2, 0.25) is 5.89 Å². The van der Waals surface area contributed by atoms with Crippen molar-refractivity contribution in [3.05, 3.63) is 65.6 Å². The Morgan fingerprint density at radius 1 is 1.23 bits per heavy atom. The zero-order chi connectivity index (χ0) is 21.5. The number of aryl methyl sites for hydroxylation is 2. The minimum atomic E-state index is -0.354. The molecule has 0 spiro atoms. The van der Waals surface area contributed by atoms with Gasteiger partial charge in [0.05, 0.1) is 23.3 Å². The van der Waals surface area contributed by atoms with Gasteiger partial charge in [-0.15, -0.1) is 10.2 Å². The lowest BCUT2D eigenvalue weighted by Crippen LogP contribution is -2.16. The average Bonchev–Trinajstić information content (AvgIpc) is 3.31. The first-order valence-electron chi connectivity index (χ1n) is 10.0. The highest BCUT2D eigenvalue weighted by atomic mass is 16.4. The molecule has 1 saturated carbocycles. The van der Waals surface area contributed by atoms with E-state index in [1.165, 1.54) is 12.8 Å². The first-order chi connectivity index (χ1) is 15.0. The maximum absolute atomic E-state index is 13.0. The van der Waals surface area contributed by atoms with Crippen molar-refractivity contribution in [2.24, 2.45) is 0 Å². The van der Waals surface area contributed by atoms with Crippen LogP contribution in [-0.2, 0) is 0 Å². The lowest BCUT2D eigenvalue weighted by atomic mass is 10.1. The van der Waals surface area contributed by atoms with Crippen molar-refractivity contribution in [1.29, 1.82) is 0 Å². The summed E-state index contributed by atoms with van der Waals surface area (Å²) >= 11 is 0. The maximum Gasteiger partial charge on any atom is 0.266 e. The Balaban J connectivity index is 1.42. The van der Waals surface area contributed by atoms with Gasteiger partial charge in [-0.25, -0.2) is 9.97 Å². The fourth-order valence-electron chi connectivity index (χ4n) is 3.46. The lowest BCUT2D eigenvalue weighted by molar-refractivity contribution is 0.102. The number of carbonyl (C=O) groups is 1. The van der Waals surface area contributed by atoms with Crippen molar-refractivity contribution in [2.75, 3.05) is 11.1 Å². The van der Waals surface area contributed by atoms with Gasteiger partial charge in [0.1, 0.15) is 11.5 Å². The number of pyridine rings is 1. The number of nitrogens with one attached hydrogen (secondary N) is 1. The molecule has 3 N–H and O–H groups in total. The molecule has 3 heterocycles. The van der Waals surface area contributed by atoms with E-state index in [2.05, 4.69) is 25.5 Å². The number of hydrogen-bond acceptors (Lipinski definition) is 7. The minimum Gasteiger partial charge on any atom is -0.420 e. The van der Waals surface area contributed by atoms with Crippen molar-refractivity contribution in [2.45, 2.75) is 32.6 Å². The molecule has 31 heavy (non-hydrogen) atoms. The van der Waals surface area contributed by atoms with Gasteiger partial charge in [-0.1, -0.05) is 6.07 Å². The summed E-state index contributed by atoms with van der Waals surface area (Å²) in [6.45, 7) is 3.66. The number of nitrogens with zero attached hydrogens (tertiary/aromatic N) is 5. The summed E-state index contributed by atoms with van der Waals surface area (Å²) in [7, 11) is 0. The van der Waals surface area contributed by atoms with Crippen LogP contribution in [0.5, 0.6) is 0 Å². The molecular weight excluding hydrogens is 394 g/mol. The zero-order valence-electron chi connectivity index (χ0n) is 17.2. The highest BCUT2D eigenvalue weighted by Gasteiger charge is 2.26. The molecule has 0 aliphatic heterocycles. The molecule has 0 bridgehead atoms. The third-order valence-electron chi connectivity index (χ3n) is 5.22. The molecule has 1 fully saturated rings. The minimum absolute atomic E-state index is 0.289. The van der Waals surface area contributed by atoms with E-state index < -0.39 is 0 Å². The molecule has 9 nitrogen and oxygen atoms in total. The summed E-state index contributed by atoms with van der Waals surface area (Å²) in [4.78, 5) is 21.9. The van der Waals surface area contributed by atoms with Crippen molar-refractivity contribution >= 4 is 17.4 Å². The quantitative estimate of drug-likeness (QED) is 0.477. The van der Waals surface area contributed by atoms with Crippen molar-refractivity contribution < 1.29 is 9.21 Å². The van der Waals surface area contributed by atoms with Gasteiger partial charge in [-0.3, -0.25) is 4.79 Å². The van der Waals surface area contributed by atoms with E-state index in [0.717, 1.165) is 16.9 Å². The molecule has 0 unspecified atom stereocenters. The molecule has 0 atom stereocenters. The number of nitrogens with two attached hydrogens (primary N) is 1. The first-order valence-corrected chi connectivity index (χ1v) is 10.0.